The van der Waals surface area contributed by atoms with E-state index in [0.29, 0.717) is 22.9 Å². The van der Waals surface area contributed by atoms with Crippen molar-refractivity contribution in [3.8, 4) is 0 Å². The van der Waals surface area contributed by atoms with Gasteiger partial charge in [-0.2, -0.15) is 4.98 Å². The Hall–Kier alpha value is -3.40. The van der Waals surface area contributed by atoms with E-state index in [9.17, 15) is 13.2 Å². The molecule has 0 saturated heterocycles. The van der Waals surface area contributed by atoms with Crippen LogP contribution in [0, 0.1) is 6.92 Å². The van der Waals surface area contributed by atoms with Gasteiger partial charge in [-0.05, 0) is 36.2 Å². The summed E-state index contributed by atoms with van der Waals surface area (Å²) in [4.78, 5) is 16.3. The van der Waals surface area contributed by atoms with Gasteiger partial charge < -0.3 is 8.94 Å². The lowest BCUT2D eigenvalue weighted by molar-refractivity contribution is 0.385. The minimum atomic E-state index is -3.84. The van der Waals surface area contributed by atoms with Crippen LogP contribution in [0.2, 0.25) is 0 Å². The summed E-state index contributed by atoms with van der Waals surface area (Å²) in [5.41, 5.74) is 2.14. The molecule has 10 heteroatoms. The molecule has 29 heavy (non-hydrogen) atoms. The minimum absolute atomic E-state index is 0.0131. The zero-order valence-electron chi connectivity index (χ0n) is 15.7. The first-order valence-corrected chi connectivity index (χ1v) is 10.4. The van der Waals surface area contributed by atoms with Crippen LogP contribution in [-0.2, 0) is 23.0 Å². The standard InChI is InChI=1S/C19H18N4O5S/c1-3-13-4-6-14(7-5-13)22-29(25,26)15-8-9-16-17(10-15)27-19(24)23(16)11-18-20-12(2)28-21-18/h4-10,22H,3,11H2,1-2H3. The molecule has 2 aromatic heterocycles. The first-order valence-electron chi connectivity index (χ1n) is 8.90. The maximum atomic E-state index is 12.7. The van der Waals surface area contributed by atoms with E-state index in [0.717, 1.165) is 12.0 Å². The van der Waals surface area contributed by atoms with Crippen molar-refractivity contribution in [1.29, 1.82) is 0 Å². The fraction of sp³-hybridized carbons (Fsp3) is 0.211. The van der Waals surface area contributed by atoms with Gasteiger partial charge in [-0.25, -0.2) is 13.2 Å². The average Bonchev–Trinajstić information content (AvgIpc) is 3.24. The van der Waals surface area contributed by atoms with Crippen LogP contribution in [0.1, 0.15) is 24.2 Å². The molecule has 0 spiro atoms. The van der Waals surface area contributed by atoms with Gasteiger partial charge in [0.15, 0.2) is 11.4 Å². The highest BCUT2D eigenvalue weighted by atomic mass is 32.2. The number of hydrogen-bond donors (Lipinski definition) is 1. The summed E-state index contributed by atoms with van der Waals surface area (Å²) in [6, 6.07) is 11.4. The lowest BCUT2D eigenvalue weighted by atomic mass is 10.2. The van der Waals surface area contributed by atoms with Crippen LogP contribution in [0.15, 0.2) is 61.1 Å². The minimum Gasteiger partial charge on any atom is -0.408 e. The molecule has 0 aliphatic carbocycles. The van der Waals surface area contributed by atoms with Crippen molar-refractivity contribution in [3.63, 3.8) is 0 Å². The Morgan fingerprint density at radius 3 is 2.55 bits per heavy atom. The Morgan fingerprint density at radius 1 is 1.14 bits per heavy atom. The summed E-state index contributed by atoms with van der Waals surface area (Å²) < 4.78 is 39.4. The molecule has 0 bridgehead atoms. The number of sulfonamides is 1. The van der Waals surface area contributed by atoms with Crippen LogP contribution in [0.5, 0.6) is 0 Å². The first-order chi connectivity index (χ1) is 13.9. The maximum Gasteiger partial charge on any atom is 0.420 e. The van der Waals surface area contributed by atoms with Crippen molar-refractivity contribution < 1.29 is 17.4 Å². The van der Waals surface area contributed by atoms with Crippen LogP contribution >= 0.6 is 0 Å². The molecule has 2 aromatic carbocycles. The van der Waals surface area contributed by atoms with E-state index in [1.807, 2.05) is 19.1 Å². The molecule has 1 N–H and O–H groups in total. The topological polar surface area (TPSA) is 120 Å². The van der Waals surface area contributed by atoms with Crippen molar-refractivity contribution in [2.75, 3.05) is 4.72 Å². The zero-order valence-corrected chi connectivity index (χ0v) is 16.6. The van der Waals surface area contributed by atoms with E-state index >= 15 is 0 Å². The number of rotatable bonds is 6. The quantitative estimate of drug-likeness (QED) is 0.515. The smallest absolute Gasteiger partial charge is 0.408 e. The third-order valence-corrected chi connectivity index (χ3v) is 5.81. The van der Waals surface area contributed by atoms with Gasteiger partial charge in [0.2, 0.25) is 5.89 Å². The molecule has 0 aliphatic heterocycles. The number of anilines is 1. The fourth-order valence-corrected chi connectivity index (χ4v) is 4.01. The van der Waals surface area contributed by atoms with Gasteiger partial charge in [-0.1, -0.05) is 24.2 Å². The van der Waals surface area contributed by atoms with E-state index in [-0.39, 0.29) is 17.0 Å². The molecule has 0 fully saturated rings. The summed E-state index contributed by atoms with van der Waals surface area (Å²) >= 11 is 0. The molecule has 0 saturated carbocycles. The van der Waals surface area contributed by atoms with Gasteiger partial charge in [0.1, 0.15) is 0 Å². The molecule has 4 aromatic rings. The van der Waals surface area contributed by atoms with Crippen molar-refractivity contribution in [3.05, 3.63) is 70.3 Å². The number of hydrogen-bond acceptors (Lipinski definition) is 7. The lowest BCUT2D eigenvalue weighted by Crippen LogP contribution is -2.15. The summed E-state index contributed by atoms with van der Waals surface area (Å²) in [6.07, 6.45) is 0.864. The van der Waals surface area contributed by atoms with E-state index in [1.165, 1.54) is 22.8 Å². The Balaban J connectivity index is 1.65. The Morgan fingerprint density at radius 2 is 1.90 bits per heavy atom. The summed E-state index contributed by atoms with van der Waals surface area (Å²) in [6.45, 7) is 3.72. The van der Waals surface area contributed by atoms with E-state index in [2.05, 4.69) is 14.9 Å². The molecular weight excluding hydrogens is 396 g/mol. The summed E-state index contributed by atoms with van der Waals surface area (Å²) in [5, 5.41) is 3.76. The van der Waals surface area contributed by atoms with Crippen molar-refractivity contribution in [2.24, 2.45) is 0 Å². The van der Waals surface area contributed by atoms with Crippen LogP contribution in [-0.4, -0.2) is 23.1 Å². The number of nitrogens with one attached hydrogen (secondary N) is 1. The second kappa shape index (κ2) is 7.21. The molecule has 0 amide bonds. The summed E-state index contributed by atoms with van der Waals surface area (Å²) in [5.74, 6) is 0.0635. The van der Waals surface area contributed by atoms with Gasteiger partial charge in [0, 0.05) is 18.7 Å². The molecule has 9 nitrogen and oxygen atoms in total. The molecule has 0 radical (unpaired) electrons. The normalized spacial score (nSPS) is 11.8. The van der Waals surface area contributed by atoms with Crippen LogP contribution < -0.4 is 10.5 Å². The molecular formula is C19H18N4O5S. The SMILES string of the molecule is CCc1ccc(NS(=O)(=O)c2ccc3c(c2)oc(=O)n3Cc2noc(C)n2)cc1. The largest absolute Gasteiger partial charge is 0.420 e. The third kappa shape index (κ3) is 3.79. The number of benzene rings is 2. The number of nitrogens with zero attached hydrogens (tertiary/aromatic N) is 3. The molecule has 0 unspecified atom stereocenters. The average molecular weight is 414 g/mol. The highest BCUT2D eigenvalue weighted by Gasteiger charge is 2.19. The van der Waals surface area contributed by atoms with Crippen molar-refractivity contribution >= 4 is 26.8 Å². The van der Waals surface area contributed by atoms with E-state index in [1.54, 1.807) is 19.1 Å². The lowest BCUT2D eigenvalue weighted by Gasteiger charge is -2.08. The number of oxazole rings is 1. The number of aromatic nitrogens is 3. The predicted octanol–water partition coefficient (Wildman–Crippen LogP) is 2.70. The summed E-state index contributed by atoms with van der Waals surface area (Å²) in [7, 11) is -3.84. The van der Waals surface area contributed by atoms with Crippen LogP contribution in [0.25, 0.3) is 11.1 Å². The van der Waals surface area contributed by atoms with Gasteiger partial charge >= 0.3 is 5.76 Å². The van der Waals surface area contributed by atoms with E-state index < -0.39 is 15.8 Å². The highest BCUT2D eigenvalue weighted by Crippen LogP contribution is 2.22. The van der Waals surface area contributed by atoms with Gasteiger partial charge in [-0.3, -0.25) is 9.29 Å². The number of fused-ring (bicyclic) bond motifs is 1. The molecule has 4 rings (SSSR count). The third-order valence-electron chi connectivity index (χ3n) is 4.43. The zero-order chi connectivity index (χ0) is 20.6. The first kappa shape index (κ1) is 18.9. The van der Waals surface area contributed by atoms with Gasteiger partial charge in [-0.15, -0.1) is 0 Å². The van der Waals surface area contributed by atoms with Crippen LogP contribution in [0.3, 0.4) is 0 Å². The fourth-order valence-electron chi connectivity index (χ4n) is 2.93. The predicted molar refractivity (Wildman–Crippen MR) is 105 cm³/mol. The van der Waals surface area contributed by atoms with Gasteiger partial charge in [0.25, 0.3) is 10.0 Å². The van der Waals surface area contributed by atoms with Crippen molar-refractivity contribution in [2.45, 2.75) is 31.7 Å². The van der Waals surface area contributed by atoms with Gasteiger partial charge in [0.05, 0.1) is 17.0 Å². The Labute approximate surface area is 166 Å². The molecule has 2 heterocycles. The Bertz CT molecular complexity index is 1330. The molecule has 0 aliphatic rings. The molecule has 150 valence electrons. The second-order valence-corrected chi connectivity index (χ2v) is 8.15. The van der Waals surface area contributed by atoms with Crippen molar-refractivity contribution in [1.82, 2.24) is 14.7 Å². The van der Waals surface area contributed by atoms with Crippen LogP contribution in [0.4, 0.5) is 5.69 Å². The Kier molecular flexibility index (Phi) is 4.71. The van der Waals surface area contributed by atoms with E-state index in [4.69, 9.17) is 8.94 Å². The maximum absolute atomic E-state index is 12.7. The second-order valence-electron chi connectivity index (χ2n) is 6.47. The molecule has 0 atom stereocenters. The monoisotopic (exact) mass is 414 g/mol. The highest BCUT2D eigenvalue weighted by molar-refractivity contribution is 7.92. The number of aryl methyl sites for hydroxylation is 2.